The van der Waals surface area contributed by atoms with E-state index in [2.05, 4.69) is 0 Å². The highest BCUT2D eigenvalue weighted by Gasteiger charge is 2.20. The van der Waals surface area contributed by atoms with Gasteiger partial charge in [-0.1, -0.05) is 12.1 Å². The van der Waals surface area contributed by atoms with Gasteiger partial charge in [-0.2, -0.15) is 0 Å². The largest absolute Gasteiger partial charge is 0.333 e. The van der Waals surface area contributed by atoms with Crippen molar-refractivity contribution in [3.05, 3.63) is 39.9 Å². The molecule has 0 aliphatic carbocycles. The fourth-order valence-corrected chi connectivity index (χ4v) is 3.06. The van der Waals surface area contributed by atoms with Crippen molar-refractivity contribution in [2.24, 2.45) is 5.73 Å². The molecule has 20 heavy (non-hydrogen) atoms. The van der Waals surface area contributed by atoms with Crippen LogP contribution in [0.2, 0.25) is 0 Å². The van der Waals surface area contributed by atoms with Crippen LogP contribution >= 0.6 is 11.8 Å². The number of non-ortho nitro benzene ring substituents is 1. The molecule has 0 aromatic heterocycles. The lowest BCUT2D eigenvalue weighted by Gasteiger charge is -2.17. The van der Waals surface area contributed by atoms with Gasteiger partial charge in [0, 0.05) is 36.9 Å². The van der Waals surface area contributed by atoms with Gasteiger partial charge in [0.15, 0.2) is 0 Å². The number of amides is 1. The minimum absolute atomic E-state index is 0.0625. The predicted molar refractivity (Wildman–Crippen MR) is 78.4 cm³/mol. The number of nitrogens with zero attached hydrogens (tertiary/aromatic N) is 2. The number of benzene rings is 1. The molecule has 6 nitrogen and oxygen atoms in total. The molecule has 1 heterocycles. The van der Waals surface area contributed by atoms with Crippen LogP contribution in [0.25, 0.3) is 0 Å². The Kier molecular flexibility index (Phi) is 4.97. The minimum Gasteiger partial charge on any atom is -0.333 e. The van der Waals surface area contributed by atoms with Crippen LogP contribution in [-0.4, -0.2) is 39.9 Å². The zero-order chi connectivity index (χ0) is 14.5. The van der Waals surface area contributed by atoms with E-state index in [1.807, 2.05) is 4.90 Å². The van der Waals surface area contributed by atoms with E-state index in [0.717, 1.165) is 23.7 Å². The van der Waals surface area contributed by atoms with Crippen LogP contribution in [0.3, 0.4) is 0 Å². The van der Waals surface area contributed by atoms with Gasteiger partial charge in [-0.3, -0.25) is 14.9 Å². The summed E-state index contributed by atoms with van der Waals surface area (Å²) >= 11 is 1.75. The number of nitrogens with two attached hydrogens (primary N) is 1. The topological polar surface area (TPSA) is 89.5 Å². The van der Waals surface area contributed by atoms with Crippen molar-refractivity contribution >= 4 is 23.4 Å². The van der Waals surface area contributed by atoms with Gasteiger partial charge in [-0.25, -0.2) is 0 Å². The summed E-state index contributed by atoms with van der Waals surface area (Å²) in [7, 11) is 0. The van der Waals surface area contributed by atoms with Gasteiger partial charge in [0.25, 0.3) is 5.69 Å². The van der Waals surface area contributed by atoms with Gasteiger partial charge < -0.3 is 10.6 Å². The van der Waals surface area contributed by atoms with E-state index in [1.54, 1.807) is 23.9 Å². The molecule has 1 saturated heterocycles. The standard InChI is InChI=1S/C13H17N3O3S/c14-11(8-13(17)15-5-6-20-9-15)7-10-1-3-12(4-2-10)16(18)19/h1-4,11H,5-9,14H2/t11-/m1/s1. The average molecular weight is 295 g/mol. The van der Waals surface area contributed by atoms with Crippen LogP contribution in [-0.2, 0) is 11.2 Å². The highest BCUT2D eigenvalue weighted by atomic mass is 32.2. The lowest BCUT2D eigenvalue weighted by molar-refractivity contribution is -0.384. The van der Waals surface area contributed by atoms with E-state index in [9.17, 15) is 14.9 Å². The van der Waals surface area contributed by atoms with Gasteiger partial charge in [-0.05, 0) is 12.0 Å². The highest BCUT2D eigenvalue weighted by molar-refractivity contribution is 7.99. The van der Waals surface area contributed by atoms with E-state index in [0.29, 0.717) is 12.8 Å². The Bertz CT molecular complexity index is 486. The summed E-state index contributed by atoms with van der Waals surface area (Å²) in [6.45, 7) is 0.799. The quantitative estimate of drug-likeness (QED) is 0.655. The molecule has 108 valence electrons. The van der Waals surface area contributed by atoms with Gasteiger partial charge in [0.05, 0.1) is 10.8 Å². The molecule has 7 heteroatoms. The first-order valence-electron chi connectivity index (χ1n) is 6.40. The molecular formula is C13H17N3O3S. The molecule has 1 aromatic rings. The van der Waals surface area contributed by atoms with Gasteiger partial charge in [0.2, 0.25) is 5.91 Å². The van der Waals surface area contributed by atoms with E-state index in [4.69, 9.17) is 5.73 Å². The third-order valence-corrected chi connectivity index (χ3v) is 4.15. The summed E-state index contributed by atoms with van der Waals surface area (Å²) in [6.07, 6.45) is 0.863. The van der Waals surface area contributed by atoms with Crippen LogP contribution in [0.15, 0.2) is 24.3 Å². The van der Waals surface area contributed by atoms with Gasteiger partial charge in [0.1, 0.15) is 0 Å². The molecule has 2 N–H and O–H groups in total. The van der Waals surface area contributed by atoms with Crippen LogP contribution in [0.4, 0.5) is 5.69 Å². The molecule has 0 spiro atoms. The zero-order valence-corrected chi connectivity index (χ0v) is 11.8. The van der Waals surface area contributed by atoms with E-state index < -0.39 is 4.92 Å². The number of nitro groups is 1. The summed E-state index contributed by atoms with van der Waals surface area (Å²) < 4.78 is 0. The van der Waals surface area contributed by atoms with Crippen molar-refractivity contribution in [1.29, 1.82) is 0 Å². The van der Waals surface area contributed by atoms with E-state index in [-0.39, 0.29) is 17.6 Å². The monoisotopic (exact) mass is 295 g/mol. The van der Waals surface area contributed by atoms with Crippen molar-refractivity contribution in [3.63, 3.8) is 0 Å². The number of carbonyl (C=O) groups excluding carboxylic acids is 1. The second kappa shape index (κ2) is 6.71. The zero-order valence-electron chi connectivity index (χ0n) is 11.0. The summed E-state index contributed by atoms with van der Waals surface area (Å²) in [5, 5.41) is 10.6. The second-order valence-corrected chi connectivity index (χ2v) is 5.86. The Labute approximate surface area is 121 Å². The van der Waals surface area contributed by atoms with Crippen LogP contribution in [0, 0.1) is 10.1 Å². The van der Waals surface area contributed by atoms with Crippen LogP contribution < -0.4 is 5.73 Å². The second-order valence-electron chi connectivity index (χ2n) is 4.79. The number of rotatable bonds is 5. The third kappa shape index (κ3) is 3.94. The molecule has 2 rings (SSSR count). The molecular weight excluding hydrogens is 278 g/mol. The molecule has 1 aliphatic rings. The summed E-state index contributed by atoms with van der Waals surface area (Å²) in [5.74, 6) is 1.83. The van der Waals surface area contributed by atoms with Crippen molar-refractivity contribution in [3.8, 4) is 0 Å². The highest BCUT2D eigenvalue weighted by Crippen LogP contribution is 2.16. The Morgan fingerprint density at radius 2 is 2.15 bits per heavy atom. The third-order valence-electron chi connectivity index (χ3n) is 3.19. The Balaban J connectivity index is 1.85. The lowest BCUT2D eigenvalue weighted by Crippen LogP contribution is -2.35. The maximum atomic E-state index is 11.9. The smallest absolute Gasteiger partial charge is 0.269 e. The fraction of sp³-hybridized carbons (Fsp3) is 0.462. The van der Waals surface area contributed by atoms with E-state index in [1.165, 1.54) is 12.1 Å². The molecule has 1 aromatic carbocycles. The molecule has 0 saturated carbocycles. The normalized spacial score (nSPS) is 16.1. The van der Waals surface area contributed by atoms with Crippen molar-refractivity contribution in [2.75, 3.05) is 18.2 Å². The Morgan fingerprint density at radius 3 is 2.70 bits per heavy atom. The Morgan fingerprint density at radius 1 is 1.45 bits per heavy atom. The Hall–Kier alpha value is -1.60. The first kappa shape index (κ1) is 14.8. The number of hydrogen-bond donors (Lipinski definition) is 1. The maximum Gasteiger partial charge on any atom is 0.269 e. The molecule has 0 radical (unpaired) electrons. The molecule has 1 amide bonds. The minimum atomic E-state index is -0.432. The number of hydrogen-bond acceptors (Lipinski definition) is 5. The van der Waals surface area contributed by atoms with E-state index >= 15 is 0 Å². The summed E-state index contributed by atoms with van der Waals surface area (Å²) in [4.78, 5) is 23.9. The molecule has 1 fully saturated rings. The van der Waals surface area contributed by atoms with Crippen molar-refractivity contribution < 1.29 is 9.72 Å². The van der Waals surface area contributed by atoms with Gasteiger partial charge >= 0.3 is 0 Å². The SMILES string of the molecule is N[C@@H](CC(=O)N1CCSC1)Cc1ccc([N+](=O)[O-])cc1. The van der Waals surface area contributed by atoms with Gasteiger partial charge in [-0.15, -0.1) is 11.8 Å². The van der Waals surface area contributed by atoms with Crippen LogP contribution in [0.1, 0.15) is 12.0 Å². The lowest BCUT2D eigenvalue weighted by atomic mass is 10.0. The summed E-state index contributed by atoms with van der Waals surface area (Å²) in [6, 6.07) is 6.04. The first-order chi connectivity index (χ1) is 9.56. The number of thioether (sulfide) groups is 1. The summed E-state index contributed by atoms with van der Waals surface area (Å²) in [5.41, 5.74) is 6.96. The van der Waals surface area contributed by atoms with Crippen molar-refractivity contribution in [2.45, 2.75) is 18.9 Å². The average Bonchev–Trinajstić information content (AvgIpc) is 2.93. The molecule has 1 atom stereocenters. The number of nitro benzene ring substituents is 1. The first-order valence-corrected chi connectivity index (χ1v) is 7.56. The maximum absolute atomic E-state index is 11.9. The predicted octanol–water partition coefficient (Wildman–Crippen LogP) is 1.39. The van der Waals surface area contributed by atoms with Crippen LogP contribution in [0.5, 0.6) is 0 Å². The molecule has 0 bridgehead atoms. The fourth-order valence-electron chi connectivity index (χ4n) is 2.09. The number of carbonyl (C=O) groups is 1. The molecule has 1 aliphatic heterocycles. The molecule has 0 unspecified atom stereocenters. The van der Waals surface area contributed by atoms with Crippen molar-refractivity contribution in [1.82, 2.24) is 4.90 Å².